The van der Waals surface area contributed by atoms with Crippen LogP contribution in [0.1, 0.15) is 32.6 Å². The average molecular weight is 374 g/mol. The molecule has 2 rings (SSSR count). The van der Waals surface area contributed by atoms with Crippen LogP contribution < -0.4 is 4.57 Å². The van der Waals surface area contributed by atoms with Gasteiger partial charge in [0.1, 0.15) is 5.76 Å². The molecule has 0 radical (unpaired) electrons. The number of rotatable bonds is 8. The van der Waals surface area contributed by atoms with Gasteiger partial charge in [-0.2, -0.15) is 4.57 Å². The molecule has 0 bridgehead atoms. The van der Waals surface area contributed by atoms with Crippen molar-refractivity contribution in [1.82, 2.24) is 0 Å². The first kappa shape index (κ1) is 18.8. The van der Waals surface area contributed by atoms with Gasteiger partial charge in [-0.25, -0.2) is 8.42 Å². The molecule has 0 aliphatic heterocycles. The van der Waals surface area contributed by atoms with Crippen molar-refractivity contribution in [3.63, 3.8) is 0 Å². The maximum Gasteiger partial charge on any atom is 0.377 e. The first-order valence-corrected chi connectivity index (χ1v) is 9.68. The maximum absolute atomic E-state index is 10.8. The third-order valence-corrected chi connectivity index (χ3v) is 4.45. The molecule has 0 saturated carbocycles. The molecule has 8 heteroatoms. The molecule has 0 saturated heterocycles. The third kappa shape index (κ3) is 4.96. The van der Waals surface area contributed by atoms with Crippen molar-refractivity contribution in [2.75, 3.05) is 12.4 Å². The minimum atomic E-state index is -4.25. The Labute approximate surface area is 146 Å². The summed E-state index contributed by atoms with van der Waals surface area (Å²) in [5.41, 5.74) is 1.37. The highest BCUT2D eigenvalue weighted by molar-refractivity contribution is 7.85. The van der Waals surface area contributed by atoms with Crippen LogP contribution in [0.2, 0.25) is 5.02 Å². The number of halogens is 1. The zero-order chi connectivity index (χ0) is 17.7. The van der Waals surface area contributed by atoms with Gasteiger partial charge in [0.25, 0.3) is 5.52 Å². The van der Waals surface area contributed by atoms with Crippen molar-refractivity contribution in [3.8, 4) is 0 Å². The SMILES string of the molecule is CCO/C(=C\c1oc2ccc(Cl)cc2[n+]1CCCS(=O)(=O)[O-])CC. The summed E-state index contributed by atoms with van der Waals surface area (Å²) >= 11 is 6.05. The second-order valence-electron chi connectivity index (χ2n) is 5.22. The Morgan fingerprint density at radius 3 is 2.79 bits per heavy atom. The summed E-state index contributed by atoms with van der Waals surface area (Å²) in [4.78, 5) is 0. The quantitative estimate of drug-likeness (QED) is 0.403. The molecule has 1 heterocycles. The highest BCUT2D eigenvalue weighted by Crippen LogP contribution is 2.21. The number of hydrogen-bond acceptors (Lipinski definition) is 5. The van der Waals surface area contributed by atoms with Crippen molar-refractivity contribution in [2.45, 2.75) is 33.2 Å². The minimum absolute atomic E-state index is 0.189. The van der Waals surface area contributed by atoms with Crippen molar-refractivity contribution in [2.24, 2.45) is 0 Å². The smallest absolute Gasteiger partial charge is 0.377 e. The number of nitrogens with zero attached hydrogens (tertiary/aromatic N) is 1. The van der Waals surface area contributed by atoms with E-state index in [0.29, 0.717) is 36.1 Å². The fourth-order valence-corrected chi connectivity index (χ4v) is 3.03. The van der Waals surface area contributed by atoms with Gasteiger partial charge >= 0.3 is 5.89 Å². The van der Waals surface area contributed by atoms with Gasteiger partial charge in [0, 0.05) is 29.7 Å². The number of allylic oxidation sites excluding steroid dienone is 1. The molecule has 0 spiro atoms. The van der Waals surface area contributed by atoms with E-state index in [1.807, 2.05) is 13.8 Å². The number of ether oxygens (including phenoxy) is 1. The van der Waals surface area contributed by atoms with E-state index in [9.17, 15) is 13.0 Å². The Morgan fingerprint density at radius 2 is 2.17 bits per heavy atom. The number of hydrogen-bond donors (Lipinski definition) is 0. The van der Waals surface area contributed by atoms with Crippen LogP contribution in [-0.4, -0.2) is 25.3 Å². The molecular weight excluding hydrogens is 354 g/mol. The normalized spacial score (nSPS) is 12.8. The van der Waals surface area contributed by atoms with Crippen molar-refractivity contribution in [3.05, 3.63) is 34.9 Å². The fourth-order valence-electron chi connectivity index (χ4n) is 2.38. The van der Waals surface area contributed by atoms with Crippen LogP contribution in [-0.2, 0) is 21.4 Å². The van der Waals surface area contributed by atoms with Crippen molar-refractivity contribution in [1.29, 1.82) is 0 Å². The Balaban J connectivity index is 2.43. The molecule has 132 valence electrons. The van der Waals surface area contributed by atoms with Gasteiger partial charge in [-0.3, -0.25) is 0 Å². The van der Waals surface area contributed by atoms with Crippen LogP contribution in [0.4, 0.5) is 0 Å². The topological polar surface area (TPSA) is 83.5 Å². The summed E-state index contributed by atoms with van der Waals surface area (Å²) in [5, 5.41) is 0.546. The predicted molar refractivity (Wildman–Crippen MR) is 90.5 cm³/mol. The number of fused-ring (bicyclic) bond motifs is 1. The predicted octanol–water partition coefficient (Wildman–Crippen LogP) is 3.10. The van der Waals surface area contributed by atoms with E-state index in [1.54, 1.807) is 28.8 Å². The van der Waals surface area contributed by atoms with Gasteiger partial charge in [-0.1, -0.05) is 18.5 Å². The first-order valence-electron chi connectivity index (χ1n) is 7.73. The molecule has 0 unspecified atom stereocenters. The zero-order valence-corrected chi connectivity index (χ0v) is 15.2. The van der Waals surface area contributed by atoms with Gasteiger partial charge in [0.15, 0.2) is 6.54 Å². The van der Waals surface area contributed by atoms with E-state index in [2.05, 4.69) is 0 Å². The Morgan fingerprint density at radius 1 is 1.42 bits per heavy atom. The second kappa shape index (κ2) is 8.00. The van der Waals surface area contributed by atoms with Crippen LogP contribution in [0.25, 0.3) is 17.2 Å². The number of aromatic nitrogens is 1. The maximum atomic E-state index is 10.8. The van der Waals surface area contributed by atoms with Gasteiger partial charge in [0.2, 0.25) is 5.58 Å². The van der Waals surface area contributed by atoms with E-state index in [4.69, 9.17) is 20.8 Å². The summed E-state index contributed by atoms with van der Waals surface area (Å²) < 4.78 is 45.7. The van der Waals surface area contributed by atoms with Crippen molar-refractivity contribution < 1.29 is 26.7 Å². The molecule has 6 nitrogen and oxygen atoms in total. The number of oxazole rings is 1. The number of benzene rings is 1. The Kier molecular flexibility index (Phi) is 6.26. The summed E-state index contributed by atoms with van der Waals surface area (Å²) in [6, 6.07) is 5.22. The minimum Gasteiger partial charge on any atom is -0.748 e. The fraction of sp³-hybridized carbons (Fsp3) is 0.438. The summed E-state index contributed by atoms with van der Waals surface area (Å²) in [7, 11) is -4.25. The van der Waals surface area contributed by atoms with Crippen LogP contribution in [0.15, 0.2) is 28.4 Å². The second-order valence-corrected chi connectivity index (χ2v) is 7.18. The number of aryl methyl sites for hydroxylation is 1. The molecule has 1 aromatic heterocycles. The van der Waals surface area contributed by atoms with Crippen LogP contribution in [0, 0.1) is 0 Å². The zero-order valence-electron chi connectivity index (χ0n) is 13.6. The van der Waals surface area contributed by atoms with Crippen LogP contribution in [0.5, 0.6) is 0 Å². The van der Waals surface area contributed by atoms with Gasteiger partial charge in [-0.15, -0.1) is 0 Å². The first-order chi connectivity index (χ1) is 11.3. The van der Waals surface area contributed by atoms with Crippen LogP contribution >= 0.6 is 11.6 Å². The molecule has 1 aromatic carbocycles. The summed E-state index contributed by atoms with van der Waals surface area (Å²) in [5.74, 6) is 0.858. The molecule has 2 aromatic rings. The molecular formula is C16H20ClNO5S. The molecule has 0 aliphatic rings. The van der Waals surface area contributed by atoms with Crippen molar-refractivity contribution >= 4 is 38.9 Å². The Hall–Kier alpha value is -1.57. The van der Waals surface area contributed by atoms with E-state index in [-0.39, 0.29) is 6.42 Å². The Bertz CT molecular complexity index is 842. The van der Waals surface area contributed by atoms with E-state index in [0.717, 1.165) is 11.3 Å². The summed E-state index contributed by atoms with van der Waals surface area (Å²) in [6.07, 6.45) is 2.66. The highest BCUT2D eigenvalue weighted by Gasteiger charge is 2.22. The van der Waals surface area contributed by atoms with Gasteiger partial charge in [-0.05, 0) is 19.1 Å². The molecule has 0 atom stereocenters. The van der Waals surface area contributed by atoms with E-state index in [1.165, 1.54) is 0 Å². The largest absolute Gasteiger partial charge is 0.748 e. The van der Waals surface area contributed by atoms with Gasteiger partial charge < -0.3 is 13.7 Å². The molecule has 24 heavy (non-hydrogen) atoms. The molecule has 0 N–H and O–H groups in total. The van der Waals surface area contributed by atoms with Gasteiger partial charge in [0.05, 0.1) is 22.8 Å². The monoisotopic (exact) mass is 373 g/mol. The average Bonchev–Trinajstić information content (AvgIpc) is 2.83. The van der Waals surface area contributed by atoms with Crippen LogP contribution in [0.3, 0.4) is 0 Å². The molecule has 0 fully saturated rings. The molecule has 0 aliphatic carbocycles. The lowest BCUT2D eigenvalue weighted by atomic mass is 10.3. The molecule has 0 amide bonds. The van der Waals surface area contributed by atoms with E-state index >= 15 is 0 Å². The van der Waals surface area contributed by atoms with E-state index < -0.39 is 15.9 Å². The standard InChI is InChI=1S/C16H20ClNO5S/c1-3-13(22-4-2)11-16-18(8-5-9-24(19,20)21)14-10-12(17)6-7-15(14)23-16/h6-7,10-11H,3-5,8-9H2,1-2H3/b13-11-. The summed E-state index contributed by atoms with van der Waals surface area (Å²) in [6.45, 7) is 4.73. The lowest BCUT2D eigenvalue weighted by Crippen LogP contribution is -2.36. The lowest BCUT2D eigenvalue weighted by molar-refractivity contribution is -0.677. The lowest BCUT2D eigenvalue weighted by Gasteiger charge is -2.05. The third-order valence-electron chi connectivity index (χ3n) is 3.43. The highest BCUT2D eigenvalue weighted by atomic mass is 35.5.